The van der Waals surface area contributed by atoms with Crippen LogP contribution in [0.5, 0.6) is 0 Å². The lowest BCUT2D eigenvalue weighted by Crippen LogP contribution is -2.48. The van der Waals surface area contributed by atoms with Crippen LogP contribution in [0.4, 0.5) is 11.5 Å². The summed E-state index contributed by atoms with van der Waals surface area (Å²) in [4.78, 5) is 13.4. The number of nitrogens with two attached hydrogens (primary N) is 1. The molecule has 0 radical (unpaired) electrons. The molecular weight excluding hydrogens is 218 g/mol. The van der Waals surface area contributed by atoms with Gasteiger partial charge in [0.15, 0.2) is 5.82 Å². The minimum atomic E-state index is 0.0305. The fourth-order valence-electron chi connectivity index (χ4n) is 2.17. The molecule has 94 valence electrons. The molecule has 6 nitrogen and oxygen atoms in total. The number of carbonyl (C=O) groups excluding carboxylic acids is 1. The van der Waals surface area contributed by atoms with E-state index < -0.39 is 0 Å². The molecule has 0 unspecified atom stereocenters. The summed E-state index contributed by atoms with van der Waals surface area (Å²) < 4.78 is 1.77. The number of nitrogens with one attached hydrogen (secondary N) is 1. The van der Waals surface area contributed by atoms with Crippen molar-refractivity contribution in [3.8, 4) is 0 Å². The number of hydrogen-bond donors (Lipinski definition) is 2. The summed E-state index contributed by atoms with van der Waals surface area (Å²) in [6, 6.07) is 0. The number of aromatic nitrogens is 2. The predicted octanol–water partition coefficient (Wildman–Crippen LogP) is 0.0619. The van der Waals surface area contributed by atoms with Crippen molar-refractivity contribution in [2.45, 2.75) is 19.8 Å². The fourth-order valence-corrected chi connectivity index (χ4v) is 2.17. The summed E-state index contributed by atoms with van der Waals surface area (Å²) in [5.41, 5.74) is 7.71. The zero-order valence-electron chi connectivity index (χ0n) is 10.5. The fraction of sp³-hybridized carbons (Fsp3) is 0.636. The third-order valence-corrected chi connectivity index (χ3v) is 2.97. The van der Waals surface area contributed by atoms with Gasteiger partial charge in [0, 0.05) is 20.1 Å². The molecule has 17 heavy (non-hydrogen) atoms. The first kappa shape index (κ1) is 11.8. The largest absolute Gasteiger partial charge is 0.394 e. The zero-order chi connectivity index (χ0) is 12.6. The van der Waals surface area contributed by atoms with E-state index in [1.807, 2.05) is 11.9 Å². The molecule has 1 aliphatic rings. The van der Waals surface area contributed by atoms with Crippen LogP contribution in [0.15, 0.2) is 0 Å². The minimum Gasteiger partial charge on any atom is -0.394 e. The molecule has 0 aromatic carbocycles. The van der Waals surface area contributed by atoms with Crippen molar-refractivity contribution in [3.05, 3.63) is 5.69 Å². The molecule has 1 amide bonds. The number of nitrogen functional groups attached to an aromatic ring is 1. The van der Waals surface area contributed by atoms with E-state index in [1.165, 1.54) is 0 Å². The Balaban J connectivity index is 2.34. The molecule has 1 aliphatic heterocycles. The average Bonchev–Trinajstić information content (AvgIpc) is 2.54. The SMILES string of the molecule is CC(C)c1nn(C)c(N2CCNC(=O)C2)c1N. The average molecular weight is 237 g/mol. The van der Waals surface area contributed by atoms with E-state index in [4.69, 9.17) is 5.73 Å². The second-order valence-corrected chi connectivity index (χ2v) is 4.67. The highest BCUT2D eigenvalue weighted by Crippen LogP contribution is 2.30. The topological polar surface area (TPSA) is 76.2 Å². The van der Waals surface area contributed by atoms with Gasteiger partial charge < -0.3 is 16.0 Å². The Hall–Kier alpha value is -1.72. The smallest absolute Gasteiger partial charge is 0.239 e. The molecule has 2 heterocycles. The third-order valence-electron chi connectivity index (χ3n) is 2.97. The van der Waals surface area contributed by atoms with Crippen LogP contribution in [0, 0.1) is 0 Å². The number of hydrogen-bond acceptors (Lipinski definition) is 4. The van der Waals surface area contributed by atoms with Crippen LogP contribution in [-0.2, 0) is 11.8 Å². The van der Waals surface area contributed by atoms with E-state index in [9.17, 15) is 4.79 Å². The van der Waals surface area contributed by atoms with E-state index in [0.29, 0.717) is 18.8 Å². The zero-order valence-corrected chi connectivity index (χ0v) is 10.5. The van der Waals surface area contributed by atoms with Crippen molar-refractivity contribution in [3.63, 3.8) is 0 Å². The van der Waals surface area contributed by atoms with Gasteiger partial charge in [-0.15, -0.1) is 0 Å². The quantitative estimate of drug-likeness (QED) is 0.762. The molecule has 1 aromatic rings. The second-order valence-electron chi connectivity index (χ2n) is 4.67. The maximum Gasteiger partial charge on any atom is 0.239 e. The summed E-state index contributed by atoms with van der Waals surface area (Å²) >= 11 is 0. The van der Waals surface area contributed by atoms with Gasteiger partial charge in [-0.2, -0.15) is 5.10 Å². The third kappa shape index (κ3) is 2.07. The summed E-state index contributed by atoms with van der Waals surface area (Å²) in [5.74, 6) is 1.17. The van der Waals surface area contributed by atoms with Crippen LogP contribution in [0.1, 0.15) is 25.5 Å². The Morgan fingerprint density at radius 1 is 1.47 bits per heavy atom. The Bertz CT molecular complexity index is 437. The van der Waals surface area contributed by atoms with Crippen LogP contribution < -0.4 is 16.0 Å². The lowest BCUT2D eigenvalue weighted by Gasteiger charge is -2.28. The van der Waals surface area contributed by atoms with Gasteiger partial charge in [0.1, 0.15) is 0 Å². The summed E-state index contributed by atoms with van der Waals surface area (Å²) in [6.07, 6.45) is 0. The second kappa shape index (κ2) is 4.27. The van der Waals surface area contributed by atoms with Crippen molar-refractivity contribution in [1.29, 1.82) is 0 Å². The van der Waals surface area contributed by atoms with E-state index in [0.717, 1.165) is 18.1 Å². The first-order valence-corrected chi connectivity index (χ1v) is 5.84. The number of carbonyl (C=O) groups is 1. The van der Waals surface area contributed by atoms with Gasteiger partial charge in [0.2, 0.25) is 5.91 Å². The van der Waals surface area contributed by atoms with Gasteiger partial charge in [-0.05, 0) is 5.92 Å². The van der Waals surface area contributed by atoms with Gasteiger partial charge >= 0.3 is 0 Å². The van der Waals surface area contributed by atoms with E-state index in [2.05, 4.69) is 24.3 Å². The first-order chi connectivity index (χ1) is 8.00. The molecule has 0 atom stereocenters. The highest BCUT2D eigenvalue weighted by molar-refractivity contribution is 5.84. The lowest BCUT2D eigenvalue weighted by atomic mass is 10.1. The van der Waals surface area contributed by atoms with Crippen molar-refractivity contribution >= 4 is 17.4 Å². The number of rotatable bonds is 2. The number of piperazine rings is 1. The molecule has 2 rings (SSSR count). The Labute approximate surface area is 101 Å². The van der Waals surface area contributed by atoms with Crippen LogP contribution in [0.25, 0.3) is 0 Å². The molecule has 0 saturated carbocycles. The van der Waals surface area contributed by atoms with Gasteiger partial charge in [-0.25, -0.2) is 0 Å². The van der Waals surface area contributed by atoms with Crippen LogP contribution in [0.3, 0.4) is 0 Å². The maximum absolute atomic E-state index is 11.4. The molecule has 0 spiro atoms. The van der Waals surface area contributed by atoms with Crippen molar-refractivity contribution in [2.24, 2.45) is 7.05 Å². The van der Waals surface area contributed by atoms with Crippen molar-refractivity contribution in [1.82, 2.24) is 15.1 Å². The highest BCUT2D eigenvalue weighted by Gasteiger charge is 2.24. The lowest BCUT2D eigenvalue weighted by molar-refractivity contribution is -0.120. The monoisotopic (exact) mass is 237 g/mol. The molecular formula is C11H19N5O. The summed E-state index contributed by atoms with van der Waals surface area (Å²) in [5, 5.41) is 7.23. The van der Waals surface area contributed by atoms with Crippen molar-refractivity contribution in [2.75, 3.05) is 30.3 Å². The number of amides is 1. The van der Waals surface area contributed by atoms with Crippen LogP contribution in [0.2, 0.25) is 0 Å². The van der Waals surface area contributed by atoms with Crippen LogP contribution >= 0.6 is 0 Å². The Morgan fingerprint density at radius 2 is 2.18 bits per heavy atom. The van der Waals surface area contributed by atoms with Gasteiger partial charge in [0.25, 0.3) is 0 Å². The van der Waals surface area contributed by atoms with E-state index >= 15 is 0 Å². The number of nitrogens with zero attached hydrogens (tertiary/aromatic N) is 3. The van der Waals surface area contributed by atoms with Gasteiger partial charge in [0.05, 0.1) is 17.9 Å². The summed E-state index contributed by atoms with van der Waals surface area (Å²) in [6.45, 7) is 5.89. The molecule has 3 N–H and O–H groups in total. The van der Waals surface area contributed by atoms with Gasteiger partial charge in [-0.3, -0.25) is 9.48 Å². The molecule has 1 saturated heterocycles. The molecule has 1 aromatic heterocycles. The Morgan fingerprint density at radius 3 is 2.71 bits per heavy atom. The van der Waals surface area contributed by atoms with Gasteiger partial charge in [-0.1, -0.05) is 13.8 Å². The minimum absolute atomic E-state index is 0.0305. The Kier molecular flexibility index (Phi) is 2.95. The molecule has 0 aliphatic carbocycles. The molecule has 1 fully saturated rings. The number of aryl methyl sites for hydroxylation is 1. The normalized spacial score (nSPS) is 16.5. The predicted molar refractivity (Wildman–Crippen MR) is 66.9 cm³/mol. The number of anilines is 2. The molecule has 6 heteroatoms. The van der Waals surface area contributed by atoms with E-state index in [1.54, 1.807) is 4.68 Å². The summed E-state index contributed by atoms with van der Waals surface area (Å²) in [7, 11) is 1.87. The molecule has 0 bridgehead atoms. The van der Waals surface area contributed by atoms with E-state index in [-0.39, 0.29) is 11.8 Å². The highest BCUT2D eigenvalue weighted by atomic mass is 16.2. The first-order valence-electron chi connectivity index (χ1n) is 5.84. The standard InChI is InChI=1S/C11H19N5O/c1-7(2)10-9(12)11(15(3)14-10)16-5-4-13-8(17)6-16/h7H,4-6,12H2,1-3H3,(H,13,17). The van der Waals surface area contributed by atoms with Crippen molar-refractivity contribution < 1.29 is 4.79 Å². The maximum atomic E-state index is 11.4. The van der Waals surface area contributed by atoms with Crippen LogP contribution in [-0.4, -0.2) is 35.3 Å².